The number of imidazole rings is 1. The Kier molecular flexibility index (Phi) is 4.11. The lowest BCUT2D eigenvalue weighted by molar-refractivity contribution is 0.285. The smallest absolute Gasteiger partial charge is 0.126 e. The van der Waals surface area contributed by atoms with Gasteiger partial charge in [0, 0.05) is 24.9 Å². The van der Waals surface area contributed by atoms with Crippen molar-refractivity contribution in [3.8, 4) is 0 Å². The summed E-state index contributed by atoms with van der Waals surface area (Å²) in [6, 6.07) is 7.67. The van der Waals surface area contributed by atoms with Gasteiger partial charge in [0.2, 0.25) is 0 Å². The van der Waals surface area contributed by atoms with Gasteiger partial charge in [-0.15, -0.1) is 0 Å². The Morgan fingerprint density at radius 3 is 2.90 bits per heavy atom. The van der Waals surface area contributed by atoms with Crippen molar-refractivity contribution in [2.24, 2.45) is 0 Å². The average molecular weight is 273 g/mol. The summed E-state index contributed by atoms with van der Waals surface area (Å²) in [5, 5.41) is 3.54. The molecule has 1 heterocycles. The Labute approximate surface area is 118 Å². The summed E-state index contributed by atoms with van der Waals surface area (Å²) in [5.41, 5.74) is 0.876. The van der Waals surface area contributed by atoms with Crippen LogP contribution in [0.15, 0.2) is 36.7 Å². The van der Waals surface area contributed by atoms with Gasteiger partial charge < -0.3 is 10.3 Å². The van der Waals surface area contributed by atoms with Gasteiger partial charge in [-0.1, -0.05) is 18.2 Å². The molecule has 0 unspecified atom stereocenters. The molecule has 0 radical (unpaired) electrons. The highest BCUT2D eigenvalue weighted by molar-refractivity contribution is 5.24. The van der Waals surface area contributed by atoms with Crippen molar-refractivity contribution in [3.05, 3.63) is 53.9 Å². The highest BCUT2D eigenvalue weighted by Gasteiger charge is 2.31. The Morgan fingerprint density at radius 2 is 2.15 bits per heavy atom. The maximum absolute atomic E-state index is 13.6. The largest absolute Gasteiger partial charge is 0.349 e. The Morgan fingerprint density at radius 1 is 1.30 bits per heavy atom. The number of hydrogen-bond acceptors (Lipinski definition) is 2. The average Bonchev–Trinajstić information content (AvgIpc) is 2.91. The molecule has 1 aliphatic carbocycles. The van der Waals surface area contributed by atoms with Crippen LogP contribution in [0.1, 0.15) is 36.6 Å². The summed E-state index contributed by atoms with van der Waals surface area (Å²) in [5.74, 6) is 1.37. The number of rotatable bonds is 6. The van der Waals surface area contributed by atoms with E-state index in [1.54, 1.807) is 18.3 Å². The van der Waals surface area contributed by atoms with E-state index in [9.17, 15) is 4.39 Å². The monoisotopic (exact) mass is 273 g/mol. The van der Waals surface area contributed by atoms with E-state index >= 15 is 0 Å². The summed E-state index contributed by atoms with van der Waals surface area (Å²) in [4.78, 5) is 7.31. The van der Waals surface area contributed by atoms with E-state index in [4.69, 9.17) is 0 Å². The van der Waals surface area contributed by atoms with Crippen molar-refractivity contribution >= 4 is 0 Å². The van der Waals surface area contributed by atoms with Crippen LogP contribution in [0.2, 0.25) is 0 Å². The summed E-state index contributed by atoms with van der Waals surface area (Å²) >= 11 is 0. The SMILES string of the molecule is Fc1ccccc1C1CC(NCCCc2ncc[nH]2)C1. The Balaban J connectivity index is 1.35. The maximum atomic E-state index is 13.6. The zero-order valence-corrected chi connectivity index (χ0v) is 11.5. The molecule has 1 aliphatic rings. The molecule has 1 fully saturated rings. The van der Waals surface area contributed by atoms with Crippen molar-refractivity contribution in [2.45, 2.75) is 37.6 Å². The first-order valence-electron chi connectivity index (χ1n) is 7.29. The standard InChI is InChI=1S/C16H20FN3/c17-15-5-2-1-4-14(15)12-10-13(11-12)18-7-3-6-16-19-8-9-20-16/h1-2,4-5,8-9,12-13,18H,3,6-7,10-11H2,(H,19,20). The van der Waals surface area contributed by atoms with E-state index in [0.29, 0.717) is 12.0 Å². The second-order valence-corrected chi connectivity index (χ2v) is 5.48. The van der Waals surface area contributed by atoms with Crippen molar-refractivity contribution in [1.82, 2.24) is 15.3 Å². The summed E-state index contributed by atoms with van der Waals surface area (Å²) in [6.07, 6.45) is 7.78. The number of hydrogen-bond donors (Lipinski definition) is 2. The molecule has 106 valence electrons. The second-order valence-electron chi connectivity index (χ2n) is 5.48. The highest BCUT2D eigenvalue weighted by Crippen LogP contribution is 2.37. The summed E-state index contributed by atoms with van der Waals surface area (Å²) < 4.78 is 13.6. The number of halogens is 1. The molecule has 4 heteroatoms. The minimum atomic E-state index is -0.0613. The van der Waals surface area contributed by atoms with Gasteiger partial charge in [-0.25, -0.2) is 9.37 Å². The van der Waals surface area contributed by atoms with E-state index in [1.807, 2.05) is 18.3 Å². The molecule has 0 saturated heterocycles. The van der Waals surface area contributed by atoms with E-state index in [-0.39, 0.29) is 5.82 Å². The lowest BCUT2D eigenvalue weighted by Gasteiger charge is -2.36. The van der Waals surface area contributed by atoms with Crippen LogP contribution in [0, 0.1) is 5.82 Å². The lowest BCUT2D eigenvalue weighted by Crippen LogP contribution is -2.40. The third-order valence-electron chi connectivity index (χ3n) is 4.06. The molecular formula is C16H20FN3. The Bertz CT molecular complexity index is 532. The number of nitrogens with zero attached hydrogens (tertiary/aromatic N) is 1. The number of aromatic amines is 1. The quantitative estimate of drug-likeness (QED) is 0.794. The van der Waals surface area contributed by atoms with Gasteiger partial charge in [0.15, 0.2) is 0 Å². The number of benzene rings is 1. The van der Waals surface area contributed by atoms with Crippen molar-refractivity contribution in [2.75, 3.05) is 6.54 Å². The molecule has 3 nitrogen and oxygen atoms in total. The van der Waals surface area contributed by atoms with Gasteiger partial charge in [0.25, 0.3) is 0 Å². The molecule has 0 spiro atoms. The van der Waals surface area contributed by atoms with Gasteiger partial charge in [-0.05, 0) is 43.4 Å². The molecule has 2 aromatic rings. The van der Waals surface area contributed by atoms with Crippen molar-refractivity contribution in [3.63, 3.8) is 0 Å². The number of aromatic nitrogens is 2. The van der Waals surface area contributed by atoms with Crippen LogP contribution in [0.25, 0.3) is 0 Å². The van der Waals surface area contributed by atoms with Crippen LogP contribution in [0.4, 0.5) is 4.39 Å². The molecule has 0 amide bonds. The van der Waals surface area contributed by atoms with Crippen LogP contribution in [-0.2, 0) is 6.42 Å². The van der Waals surface area contributed by atoms with E-state index in [1.165, 1.54) is 0 Å². The molecule has 0 bridgehead atoms. The van der Waals surface area contributed by atoms with Gasteiger partial charge in [0.1, 0.15) is 11.6 Å². The van der Waals surface area contributed by atoms with Crippen molar-refractivity contribution < 1.29 is 4.39 Å². The predicted molar refractivity (Wildman–Crippen MR) is 77.1 cm³/mol. The van der Waals surface area contributed by atoms with Crippen LogP contribution in [0.3, 0.4) is 0 Å². The van der Waals surface area contributed by atoms with Crippen LogP contribution in [0.5, 0.6) is 0 Å². The summed E-state index contributed by atoms with van der Waals surface area (Å²) in [7, 11) is 0. The fourth-order valence-corrected chi connectivity index (χ4v) is 2.84. The first kappa shape index (κ1) is 13.3. The molecule has 2 N–H and O–H groups in total. The van der Waals surface area contributed by atoms with Gasteiger partial charge in [-0.3, -0.25) is 0 Å². The van der Waals surface area contributed by atoms with Crippen LogP contribution in [-0.4, -0.2) is 22.6 Å². The minimum Gasteiger partial charge on any atom is -0.349 e. The van der Waals surface area contributed by atoms with Gasteiger partial charge >= 0.3 is 0 Å². The van der Waals surface area contributed by atoms with Crippen LogP contribution >= 0.6 is 0 Å². The minimum absolute atomic E-state index is 0.0613. The van der Waals surface area contributed by atoms with Crippen molar-refractivity contribution in [1.29, 1.82) is 0 Å². The van der Waals surface area contributed by atoms with E-state index in [0.717, 1.165) is 43.6 Å². The second kappa shape index (κ2) is 6.18. The molecule has 1 saturated carbocycles. The third-order valence-corrected chi connectivity index (χ3v) is 4.06. The van der Waals surface area contributed by atoms with Gasteiger partial charge in [0.05, 0.1) is 0 Å². The number of aryl methyl sites for hydroxylation is 1. The van der Waals surface area contributed by atoms with Gasteiger partial charge in [-0.2, -0.15) is 0 Å². The first-order chi connectivity index (χ1) is 9.83. The first-order valence-corrected chi connectivity index (χ1v) is 7.29. The molecular weight excluding hydrogens is 253 g/mol. The summed E-state index contributed by atoms with van der Waals surface area (Å²) in [6.45, 7) is 0.995. The molecule has 20 heavy (non-hydrogen) atoms. The van der Waals surface area contributed by atoms with E-state index in [2.05, 4.69) is 15.3 Å². The maximum Gasteiger partial charge on any atom is 0.126 e. The van der Waals surface area contributed by atoms with E-state index < -0.39 is 0 Å². The zero-order chi connectivity index (χ0) is 13.8. The third kappa shape index (κ3) is 3.07. The topological polar surface area (TPSA) is 40.7 Å². The molecule has 1 aromatic carbocycles. The molecule has 3 rings (SSSR count). The lowest BCUT2D eigenvalue weighted by atomic mass is 9.75. The fourth-order valence-electron chi connectivity index (χ4n) is 2.84. The molecule has 0 aliphatic heterocycles. The predicted octanol–water partition coefficient (Wildman–Crippen LogP) is 3.02. The number of nitrogens with one attached hydrogen (secondary N) is 2. The number of H-pyrrole nitrogens is 1. The fraction of sp³-hybridized carbons (Fsp3) is 0.438. The molecule has 1 aromatic heterocycles. The normalized spacial score (nSPS) is 21.6. The highest BCUT2D eigenvalue weighted by atomic mass is 19.1. The zero-order valence-electron chi connectivity index (χ0n) is 11.5. The molecule has 0 atom stereocenters. The van der Waals surface area contributed by atoms with Crippen LogP contribution < -0.4 is 5.32 Å². The Hall–Kier alpha value is -1.68.